The summed E-state index contributed by atoms with van der Waals surface area (Å²) >= 11 is 0. The molecule has 3 atom stereocenters. The number of hydrogen-bond donors (Lipinski definition) is 3. The molecule has 26 heavy (non-hydrogen) atoms. The van der Waals surface area contributed by atoms with Gasteiger partial charge >= 0.3 is 10.3 Å². The standard InChI is InChI=1S/C16H18N4O5S/c17-11(7-9-8-18-12-4-2-1-3-10(9)12)15(21)19-6-5-13-14(19)16(22)20(13)26(23,24)25/h1-4,8,11,13-14,18H,5-7,17H2,(H,23,24,25)/t11-,13+,14-/m0/s1. The highest BCUT2D eigenvalue weighted by atomic mass is 32.2. The predicted octanol–water partition coefficient (Wildman–Crippen LogP) is -0.348. The largest absolute Gasteiger partial charge is 0.362 e. The second-order valence-corrected chi connectivity index (χ2v) is 7.90. The molecule has 2 saturated heterocycles. The molecule has 2 fully saturated rings. The Balaban J connectivity index is 1.49. The van der Waals surface area contributed by atoms with Gasteiger partial charge in [-0.1, -0.05) is 18.2 Å². The zero-order chi connectivity index (χ0) is 18.6. The quantitative estimate of drug-likeness (QED) is 0.491. The first-order chi connectivity index (χ1) is 12.3. The minimum Gasteiger partial charge on any atom is -0.361 e. The summed E-state index contributed by atoms with van der Waals surface area (Å²) < 4.78 is 32.0. The number of carbonyl (C=O) groups excluding carboxylic acids is 2. The van der Waals surface area contributed by atoms with Gasteiger partial charge in [0.25, 0.3) is 5.91 Å². The number of likely N-dealkylation sites (tertiary alicyclic amines) is 1. The molecule has 1 aromatic heterocycles. The van der Waals surface area contributed by atoms with E-state index in [-0.39, 0.29) is 6.54 Å². The second kappa shape index (κ2) is 5.79. The first-order valence-electron chi connectivity index (χ1n) is 8.21. The van der Waals surface area contributed by atoms with Crippen LogP contribution in [0.25, 0.3) is 10.9 Å². The predicted molar refractivity (Wildman–Crippen MR) is 92.3 cm³/mol. The van der Waals surface area contributed by atoms with Gasteiger partial charge in [0.05, 0.1) is 12.1 Å². The highest BCUT2D eigenvalue weighted by Crippen LogP contribution is 2.36. The number of aromatic amines is 1. The number of β-lactam (4-membered cyclic amide) rings is 1. The van der Waals surface area contributed by atoms with Gasteiger partial charge in [0.2, 0.25) is 5.91 Å². The first kappa shape index (κ1) is 17.0. The van der Waals surface area contributed by atoms with Crippen LogP contribution in [0.5, 0.6) is 0 Å². The third-order valence-electron chi connectivity index (χ3n) is 5.10. The van der Waals surface area contributed by atoms with Crippen molar-refractivity contribution in [2.75, 3.05) is 6.54 Å². The van der Waals surface area contributed by atoms with Gasteiger partial charge in [-0.2, -0.15) is 8.42 Å². The molecule has 0 unspecified atom stereocenters. The summed E-state index contributed by atoms with van der Waals surface area (Å²) in [6, 6.07) is 5.24. The van der Waals surface area contributed by atoms with E-state index in [4.69, 9.17) is 10.3 Å². The first-order valence-corrected chi connectivity index (χ1v) is 9.60. The SMILES string of the molecule is N[C@@H](Cc1c[nH]c2ccccc12)C(=O)N1CC[C@@H]2[C@H]1C(=O)N2S(=O)(=O)O. The number of hydrogen-bond acceptors (Lipinski definition) is 5. The Kier molecular flexibility index (Phi) is 3.79. The third kappa shape index (κ3) is 2.49. The van der Waals surface area contributed by atoms with Crippen molar-refractivity contribution in [1.29, 1.82) is 0 Å². The number of amides is 2. The molecule has 10 heteroatoms. The van der Waals surface area contributed by atoms with Gasteiger partial charge < -0.3 is 15.6 Å². The summed E-state index contributed by atoms with van der Waals surface area (Å²) in [5.41, 5.74) is 7.92. The van der Waals surface area contributed by atoms with Crippen molar-refractivity contribution in [3.05, 3.63) is 36.0 Å². The molecule has 2 aliphatic rings. The Bertz CT molecular complexity index is 1000. The van der Waals surface area contributed by atoms with Gasteiger partial charge in [0.15, 0.2) is 0 Å². The van der Waals surface area contributed by atoms with E-state index in [9.17, 15) is 18.0 Å². The molecule has 4 N–H and O–H groups in total. The lowest BCUT2D eigenvalue weighted by atomic mass is 9.99. The van der Waals surface area contributed by atoms with Crippen molar-refractivity contribution in [2.24, 2.45) is 5.73 Å². The molecular formula is C16H18N4O5S. The summed E-state index contributed by atoms with van der Waals surface area (Å²) in [6.07, 6.45) is 2.40. The Morgan fingerprint density at radius 2 is 2.12 bits per heavy atom. The number of para-hydroxylation sites is 1. The van der Waals surface area contributed by atoms with Crippen molar-refractivity contribution in [3.63, 3.8) is 0 Å². The van der Waals surface area contributed by atoms with Gasteiger partial charge in [-0.15, -0.1) is 0 Å². The minimum atomic E-state index is -4.59. The molecule has 0 aliphatic carbocycles. The van der Waals surface area contributed by atoms with Crippen LogP contribution in [-0.2, 0) is 26.3 Å². The molecule has 0 bridgehead atoms. The van der Waals surface area contributed by atoms with Crippen LogP contribution < -0.4 is 5.73 Å². The number of fused-ring (bicyclic) bond motifs is 2. The van der Waals surface area contributed by atoms with Gasteiger partial charge in [0, 0.05) is 23.6 Å². The van der Waals surface area contributed by atoms with Gasteiger partial charge in [-0.05, 0) is 24.5 Å². The van der Waals surface area contributed by atoms with Crippen molar-refractivity contribution >= 4 is 33.0 Å². The van der Waals surface area contributed by atoms with Crippen LogP contribution in [0.3, 0.4) is 0 Å². The van der Waals surface area contributed by atoms with Gasteiger partial charge in [-0.25, -0.2) is 4.31 Å². The van der Waals surface area contributed by atoms with E-state index >= 15 is 0 Å². The Labute approximate surface area is 149 Å². The third-order valence-corrected chi connectivity index (χ3v) is 6.05. The number of rotatable bonds is 4. The summed E-state index contributed by atoms with van der Waals surface area (Å²) in [4.78, 5) is 29.2. The van der Waals surface area contributed by atoms with E-state index < -0.39 is 40.2 Å². The van der Waals surface area contributed by atoms with Gasteiger partial charge in [-0.3, -0.25) is 14.1 Å². The number of aromatic nitrogens is 1. The van der Waals surface area contributed by atoms with Gasteiger partial charge in [0.1, 0.15) is 6.04 Å². The number of carbonyl (C=O) groups is 2. The molecule has 1 aromatic carbocycles. The number of nitrogens with zero attached hydrogens (tertiary/aromatic N) is 2. The average Bonchev–Trinajstić information content (AvgIpc) is 3.14. The minimum absolute atomic E-state index is 0.230. The van der Waals surface area contributed by atoms with E-state index in [0.29, 0.717) is 17.1 Å². The highest BCUT2D eigenvalue weighted by Gasteiger charge is 2.60. The van der Waals surface area contributed by atoms with E-state index in [1.165, 1.54) is 4.90 Å². The Morgan fingerprint density at radius 3 is 2.85 bits per heavy atom. The summed E-state index contributed by atoms with van der Waals surface area (Å²) in [7, 11) is -4.59. The topological polar surface area (TPSA) is 137 Å². The Hall–Kier alpha value is -2.43. The van der Waals surface area contributed by atoms with Crippen molar-refractivity contribution in [3.8, 4) is 0 Å². The van der Waals surface area contributed by atoms with Crippen molar-refractivity contribution < 1.29 is 22.6 Å². The zero-order valence-electron chi connectivity index (χ0n) is 13.7. The van der Waals surface area contributed by atoms with Crippen LogP contribution >= 0.6 is 0 Å². The maximum atomic E-state index is 12.7. The van der Waals surface area contributed by atoms with Crippen LogP contribution in [-0.4, -0.2) is 63.6 Å². The summed E-state index contributed by atoms with van der Waals surface area (Å²) in [5.74, 6) is -1.19. The van der Waals surface area contributed by atoms with Crippen LogP contribution in [0.15, 0.2) is 30.5 Å². The molecule has 0 spiro atoms. The molecule has 0 saturated carbocycles. The molecule has 9 nitrogen and oxygen atoms in total. The lowest BCUT2D eigenvalue weighted by Gasteiger charge is -2.42. The lowest BCUT2D eigenvalue weighted by molar-refractivity contribution is -0.152. The molecule has 138 valence electrons. The fourth-order valence-electron chi connectivity index (χ4n) is 3.90. The monoisotopic (exact) mass is 378 g/mol. The van der Waals surface area contributed by atoms with Crippen molar-refractivity contribution in [2.45, 2.75) is 31.0 Å². The molecule has 2 aromatic rings. The molecule has 0 radical (unpaired) electrons. The highest BCUT2D eigenvalue weighted by molar-refractivity contribution is 7.84. The fraction of sp³-hybridized carbons (Fsp3) is 0.375. The average molecular weight is 378 g/mol. The maximum Gasteiger partial charge on any atom is 0.362 e. The zero-order valence-corrected chi connectivity index (χ0v) is 14.5. The van der Waals surface area contributed by atoms with Crippen LogP contribution in [0.2, 0.25) is 0 Å². The smallest absolute Gasteiger partial charge is 0.361 e. The molecule has 2 amide bonds. The van der Waals surface area contributed by atoms with E-state index in [0.717, 1.165) is 16.5 Å². The fourth-order valence-corrected chi connectivity index (χ4v) is 4.80. The van der Waals surface area contributed by atoms with Crippen LogP contribution in [0.4, 0.5) is 0 Å². The second-order valence-electron chi connectivity index (χ2n) is 6.61. The van der Waals surface area contributed by atoms with E-state index in [1.807, 2.05) is 24.3 Å². The summed E-state index contributed by atoms with van der Waals surface area (Å²) in [5, 5.41) is 0.979. The maximum absolute atomic E-state index is 12.7. The normalized spacial score (nSPS) is 23.8. The molecule has 4 rings (SSSR count). The van der Waals surface area contributed by atoms with Crippen LogP contribution in [0.1, 0.15) is 12.0 Å². The van der Waals surface area contributed by atoms with E-state index in [2.05, 4.69) is 4.98 Å². The lowest BCUT2D eigenvalue weighted by Crippen LogP contribution is -2.69. The summed E-state index contributed by atoms with van der Waals surface area (Å²) in [6.45, 7) is 0.230. The number of H-pyrrole nitrogens is 1. The van der Waals surface area contributed by atoms with Crippen molar-refractivity contribution in [1.82, 2.24) is 14.2 Å². The Morgan fingerprint density at radius 1 is 1.38 bits per heavy atom. The van der Waals surface area contributed by atoms with E-state index in [1.54, 1.807) is 6.20 Å². The number of nitrogens with one attached hydrogen (secondary N) is 1. The molecular weight excluding hydrogens is 360 g/mol. The molecule has 3 heterocycles. The number of nitrogens with two attached hydrogens (primary N) is 1. The molecule has 2 aliphatic heterocycles. The number of benzene rings is 1. The van der Waals surface area contributed by atoms with Crippen LogP contribution in [0, 0.1) is 0 Å².